The molecule has 1 aromatic carbocycles. The van der Waals surface area contributed by atoms with E-state index in [4.69, 9.17) is 4.98 Å². The van der Waals surface area contributed by atoms with E-state index >= 15 is 0 Å². The number of likely N-dealkylation sites (tertiary alicyclic amines) is 1. The average Bonchev–Trinajstić information content (AvgIpc) is 2.73. The summed E-state index contributed by atoms with van der Waals surface area (Å²) in [6.45, 7) is 7.19. The zero-order valence-corrected chi connectivity index (χ0v) is 17.2. The highest BCUT2D eigenvalue weighted by atomic mass is 16.2. The number of hydrogen-bond acceptors (Lipinski definition) is 4. The molecule has 1 amide bonds. The topological polar surface area (TPSA) is 59.0 Å². The number of carbonyl (C=O) groups excluding carboxylic acids is 1. The standard InChI is InChI=1S/C24H26N4O/c1-16-12-21(19-8-5-4-6-9-19)13-23(26-16)20-10-7-11-28(15-20)24(29)22-14-25-18(3)27-17(22)2/h4-6,8-9,12-14,20H,7,10-11,15H2,1-3H3/t20-/m1/s1. The van der Waals surface area contributed by atoms with Gasteiger partial charge in [-0.3, -0.25) is 9.78 Å². The Morgan fingerprint density at radius 3 is 2.59 bits per heavy atom. The van der Waals surface area contributed by atoms with E-state index in [1.165, 1.54) is 11.1 Å². The molecule has 1 saturated heterocycles. The molecule has 3 heterocycles. The van der Waals surface area contributed by atoms with Crippen molar-refractivity contribution in [1.29, 1.82) is 0 Å². The van der Waals surface area contributed by atoms with E-state index in [9.17, 15) is 4.79 Å². The smallest absolute Gasteiger partial charge is 0.257 e. The molecule has 0 spiro atoms. The van der Waals surface area contributed by atoms with Crippen molar-refractivity contribution in [3.8, 4) is 11.1 Å². The molecule has 29 heavy (non-hydrogen) atoms. The fourth-order valence-electron chi connectivity index (χ4n) is 4.07. The lowest BCUT2D eigenvalue weighted by Crippen LogP contribution is -2.39. The molecule has 0 saturated carbocycles. The predicted octanol–water partition coefficient (Wildman–Crippen LogP) is 4.48. The van der Waals surface area contributed by atoms with Gasteiger partial charge < -0.3 is 4.90 Å². The fourth-order valence-corrected chi connectivity index (χ4v) is 4.07. The summed E-state index contributed by atoms with van der Waals surface area (Å²) in [6.07, 6.45) is 3.67. The SMILES string of the molecule is Cc1cc(-c2ccccc2)cc([C@@H]2CCCN(C(=O)c3cnc(C)nc3C)C2)n1. The summed E-state index contributed by atoms with van der Waals surface area (Å²) in [5.74, 6) is 0.942. The van der Waals surface area contributed by atoms with Gasteiger partial charge in [0.2, 0.25) is 0 Å². The molecular weight excluding hydrogens is 360 g/mol. The first-order valence-corrected chi connectivity index (χ1v) is 10.1. The maximum absolute atomic E-state index is 13.1. The number of nitrogens with zero attached hydrogens (tertiary/aromatic N) is 4. The summed E-state index contributed by atoms with van der Waals surface area (Å²) in [7, 11) is 0. The zero-order chi connectivity index (χ0) is 20.4. The number of carbonyl (C=O) groups is 1. The molecule has 1 atom stereocenters. The van der Waals surface area contributed by atoms with Gasteiger partial charge in [-0.05, 0) is 56.9 Å². The van der Waals surface area contributed by atoms with E-state index in [1.807, 2.05) is 31.7 Å². The van der Waals surface area contributed by atoms with Gasteiger partial charge in [-0.2, -0.15) is 0 Å². The van der Waals surface area contributed by atoms with Crippen LogP contribution in [0.3, 0.4) is 0 Å². The molecule has 1 fully saturated rings. The highest BCUT2D eigenvalue weighted by Crippen LogP contribution is 2.30. The molecule has 3 aromatic rings. The van der Waals surface area contributed by atoms with Crippen LogP contribution in [-0.2, 0) is 0 Å². The second kappa shape index (κ2) is 8.11. The third-order valence-corrected chi connectivity index (χ3v) is 5.54. The lowest BCUT2D eigenvalue weighted by atomic mass is 9.92. The first-order chi connectivity index (χ1) is 14.0. The summed E-state index contributed by atoms with van der Waals surface area (Å²) < 4.78 is 0. The molecule has 0 bridgehead atoms. The van der Waals surface area contributed by atoms with Gasteiger partial charge in [-0.25, -0.2) is 9.97 Å². The van der Waals surface area contributed by atoms with Crippen LogP contribution in [0.15, 0.2) is 48.7 Å². The van der Waals surface area contributed by atoms with Crippen LogP contribution in [0.5, 0.6) is 0 Å². The highest BCUT2D eigenvalue weighted by Gasteiger charge is 2.28. The first kappa shape index (κ1) is 19.2. The summed E-state index contributed by atoms with van der Waals surface area (Å²) in [4.78, 5) is 28.4. The van der Waals surface area contributed by atoms with Crippen LogP contribution in [0.1, 0.15) is 52.0 Å². The van der Waals surface area contributed by atoms with Crippen molar-refractivity contribution in [1.82, 2.24) is 19.9 Å². The summed E-state index contributed by atoms with van der Waals surface area (Å²) in [6, 6.07) is 14.7. The van der Waals surface area contributed by atoms with Crippen molar-refractivity contribution < 1.29 is 4.79 Å². The predicted molar refractivity (Wildman–Crippen MR) is 114 cm³/mol. The number of piperidine rings is 1. The Bertz CT molecular complexity index is 1030. The lowest BCUT2D eigenvalue weighted by molar-refractivity contribution is 0.0704. The Balaban J connectivity index is 1.59. The van der Waals surface area contributed by atoms with Crippen LogP contribution in [0.25, 0.3) is 11.1 Å². The Hall–Kier alpha value is -3.08. The Kier molecular flexibility index (Phi) is 5.38. The monoisotopic (exact) mass is 386 g/mol. The molecular formula is C24H26N4O. The Morgan fingerprint density at radius 1 is 1.03 bits per heavy atom. The third kappa shape index (κ3) is 4.19. The van der Waals surface area contributed by atoms with E-state index < -0.39 is 0 Å². The number of aryl methyl sites for hydroxylation is 3. The molecule has 148 valence electrons. The van der Waals surface area contributed by atoms with Gasteiger partial charge in [-0.1, -0.05) is 30.3 Å². The summed E-state index contributed by atoms with van der Waals surface area (Å²) >= 11 is 0. The van der Waals surface area contributed by atoms with E-state index in [2.05, 4.69) is 46.4 Å². The van der Waals surface area contributed by atoms with Gasteiger partial charge in [-0.15, -0.1) is 0 Å². The van der Waals surface area contributed by atoms with Gasteiger partial charge in [0.15, 0.2) is 0 Å². The minimum absolute atomic E-state index is 0.0168. The number of aromatic nitrogens is 3. The van der Waals surface area contributed by atoms with Crippen LogP contribution in [0, 0.1) is 20.8 Å². The quantitative estimate of drug-likeness (QED) is 0.666. The van der Waals surface area contributed by atoms with E-state index in [0.717, 1.165) is 36.5 Å². The maximum atomic E-state index is 13.1. The van der Waals surface area contributed by atoms with Gasteiger partial charge in [0.25, 0.3) is 5.91 Å². The first-order valence-electron chi connectivity index (χ1n) is 10.1. The molecule has 5 nitrogen and oxygen atoms in total. The molecule has 5 heteroatoms. The van der Waals surface area contributed by atoms with Crippen molar-refractivity contribution >= 4 is 5.91 Å². The van der Waals surface area contributed by atoms with Crippen LogP contribution in [-0.4, -0.2) is 38.8 Å². The largest absolute Gasteiger partial charge is 0.338 e. The average molecular weight is 386 g/mol. The zero-order valence-electron chi connectivity index (χ0n) is 17.2. The van der Waals surface area contributed by atoms with Gasteiger partial charge >= 0.3 is 0 Å². The second-order valence-corrected chi connectivity index (χ2v) is 7.79. The van der Waals surface area contributed by atoms with Crippen LogP contribution in [0.2, 0.25) is 0 Å². The van der Waals surface area contributed by atoms with E-state index in [1.54, 1.807) is 6.20 Å². The van der Waals surface area contributed by atoms with Crippen LogP contribution >= 0.6 is 0 Å². The van der Waals surface area contributed by atoms with Gasteiger partial charge in [0.05, 0.1) is 11.3 Å². The maximum Gasteiger partial charge on any atom is 0.257 e. The van der Waals surface area contributed by atoms with Gasteiger partial charge in [0, 0.05) is 36.6 Å². The minimum Gasteiger partial charge on any atom is -0.338 e. The molecule has 0 radical (unpaired) electrons. The molecule has 0 unspecified atom stereocenters. The van der Waals surface area contributed by atoms with Crippen LogP contribution < -0.4 is 0 Å². The Labute approximate surface area is 171 Å². The van der Waals surface area contributed by atoms with Crippen molar-refractivity contribution in [3.63, 3.8) is 0 Å². The van der Waals surface area contributed by atoms with Crippen molar-refractivity contribution in [2.45, 2.75) is 39.5 Å². The summed E-state index contributed by atoms with van der Waals surface area (Å²) in [5, 5.41) is 0. The normalized spacial score (nSPS) is 16.7. The number of benzene rings is 1. The Morgan fingerprint density at radius 2 is 1.83 bits per heavy atom. The van der Waals surface area contributed by atoms with E-state index in [-0.39, 0.29) is 11.8 Å². The number of amides is 1. The third-order valence-electron chi connectivity index (χ3n) is 5.54. The fraction of sp³-hybridized carbons (Fsp3) is 0.333. The molecule has 1 aliphatic rings. The molecule has 1 aliphatic heterocycles. The number of rotatable bonds is 3. The van der Waals surface area contributed by atoms with Crippen molar-refractivity contribution in [3.05, 3.63) is 77.1 Å². The highest BCUT2D eigenvalue weighted by molar-refractivity contribution is 5.95. The van der Waals surface area contributed by atoms with Crippen molar-refractivity contribution in [2.75, 3.05) is 13.1 Å². The van der Waals surface area contributed by atoms with Gasteiger partial charge in [0.1, 0.15) is 5.82 Å². The van der Waals surface area contributed by atoms with Crippen LogP contribution in [0.4, 0.5) is 0 Å². The lowest BCUT2D eigenvalue weighted by Gasteiger charge is -2.33. The van der Waals surface area contributed by atoms with E-state index in [0.29, 0.717) is 17.9 Å². The molecule has 0 aliphatic carbocycles. The number of pyridine rings is 1. The minimum atomic E-state index is 0.0168. The van der Waals surface area contributed by atoms with Crippen molar-refractivity contribution in [2.24, 2.45) is 0 Å². The second-order valence-electron chi connectivity index (χ2n) is 7.79. The summed E-state index contributed by atoms with van der Waals surface area (Å²) in [5.41, 5.74) is 5.78. The molecule has 0 N–H and O–H groups in total. The molecule has 2 aromatic heterocycles. The number of hydrogen-bond donors (Lipinski definition) is 0. The molecule has 4 rings (SSSR count).